The van der Waals surface area contributed by atoms with E-state index in [1.807, 2.05) is 0 Å². The molecule has 0 aliphatic heterocycles. The molecule has 4 nitrogen and oxygen atoms in total. The fourth-order valence-corrected chi connectivity index (χ4v) is 1.89. The fourth-order valence-electron chi connectivity index (χ4n) is 1.25. The predicted molar refractivity (Wildman–Crippen MR) is 82.1 cm³/mol. The zero-order valence-corrected chi connectivity index (χ0v) is 13.5. The minimum Gasteiger partial charge on any atom is -0.461 e. The number of hydrogen-bond donors (Lipinski definition) is 0. The second-order valence-electron chi connectivity index (χ2n) is 4.23. The van der Waals surface area contributed by atoms with Gasteiger partial charge in [0.15, 0.2) is 0 Å². The standard InChI is InChI=1S/C14H13Cl3O4/c1-8(2)14(19)20-7-10(16)6-13(18)21-12-4-3-9(15)5-11(12)17/h3-5,10H,1,6-7H2,2H3. The molecule has 0 aliphatic carbocycles. The van der Waals surface area contributed by atoms with Crippen LogP contribution in [0.3, 0.4) is 0 Å². The van der Waals surface area contributed by atoms with E-state index in [9.17, 15) is 9.59 Å². The molecule has 0 N–H and O–H groups in total. The van der Waals surface area contributed by atoms with E-state index < -0.39 is 17.3 Å². The van der Waals surface area contributed by atoms with Crippen molar-refractivity contribution in [2.45, 2.75) is 18.7 Å². The first kappa shape index (κ1) is 17.8. The summed E-state index contributed by atoms with van der Waals surface area (Å²) in [4.78, 5) is 22.9. The Hall–Kier alpha value is -1.23. The zero-order chi connectivity index (χ0) is 16.0. The number of hydrogen-bond acceptors (Lipinski definition) is 4. The van der Waals surface area contributed by atoms with Crippen molar-refractivity contribution < 1.29 is 19.1 Å². The maximum absolute atomic E-state index is 11.7. The first-order valence-electron chi connectivity index (χ1n) is 5.92. The van der Waals surface area contributed by atoms with E-state index in [2.05, 4.69) is 6.58 Å². The molecule has 1 atom stereocenters. The molecule has 7 heteroatoms. The van der Waals surface area contributed by atoms with Gasteiger partial charge in [0, 0.05) is 10.6 Å². The van der Waals surface area contributed by atoms with Crippen LogP contribution in [-0.4, -0.2) is 23.9 Å². The first-order valence-corrected chi connectivity index (χ1v) is 7.11. The van der Waals surface area contributed by atoms with Crippen LogP contribution in [0.25, 0.3) is 0 Å². The van der Waals surface area contributed by atoms with E-state index in [-0.39, 0.29) is 29.4 Å². The summed E-state index contributed by atoms with van der Waals surface area (Å²) < 4.78 is 9.89. The van der Waals surface area contributed by atoms with Crippen molar-refractivity contribution in [3.05, 3.63) is 40.4 Å². The highest BCUT2D eigenvalue weighted by atomic mass is 35.5. The molecule has 1 unspecified atom stereocenters. The van der Waals surface area contributed by atoms with Crippen molar-refractivity contribution in [3.63, 3.8) is 0 Å². The predicted octanol–water partition coefficient (Wildman–Crippen LogP) is 4.02. The van der Waals surface area contributed by atoms with Crippen LogP contribution in [0.2, 0.25) is 10.0 Å². The second-order valence-corrected chi connectivity index (χ2v) is 5.69. The zero-order valence-electron chi connectivity index (χ0n) is 11.2. The van der Waals surface area contributed by atoms with Crippen LogP contribution in [0, 0.1) is 0 Å². The maximum Gasteiger partial charge on any atom is 0.333 e. The van der Waals surface area contributed by atoms with Crippen molar-refractivity contribution in [1.82, 2.24) is 0 Å². The van der Waals surface area contributed by atoms with Crippen LogP contribution in [0.4, 0.5) is 0 Å². The number of carbonyl (C=O) groups excluding carboxylic acids is 2. The van der Waals surface area contributed by atoms with Gasteiger partial charge < -0.3 is 9.47 Å². The summed E-state index contributed by atoms with van der Waals surface area (Å²) in [5, 5.41) is -0.0516. The van der Waals surface area contributed by atoms with E-state index in [4.69, 9.17) is 44.3 Å². The van der Waals surface area contributed by atoms with Crippen molar-refractivity contribution in [2.24, 2.45) is 0 Å². The molecule has 114 valence electrons. The largest absolute Gasteiger partial charge is 0.461 e. The summed E-state index contributed by atoms with van der Waals surface area (Å²) in [6.07, 6.45) is -0.135. The van der Waals surface area contributed by atoms with Gasteiger partial charge >= 0.3 is 11.9 Å². The Bertz CT molecular complexity index is 557. The third-order valence-electron chi connectivity index (χ3n) is 2.25. The Kier molecular flexibility index (Phi) is 7.02. The molecule has 0 radical (unpaired) electrons. The summed E-state index contributed by atoms with van der Waals surface area (Å²) in [5.41, 5.74) is 0.259. The molecule has 0 saturated carbocycles. The Morgan fingerprint density at radius 3 is 2.57 bits per heavy atom. The van der Waals surface area contributed by atoms with Gasteiger partial charge in [-0.05, 0) is 25.1 Å². The van der Waals surface area contributed by atoms with Gasteiger partial charge in [0.05, 0.1) is 16.8 Å². The molecule has 1 rings (SSSR count). The molecule has 0 aliphatic rings. The van der Waals surface area contributed by atoms with Crippen LogP contribution in [0.15, 0.2) is 30.4 Å². The van der Waals surface area contributed by atoms with Gasteiger partial charge in [-0.25, -0.2) is 4.79 Å². The van der Waals surface area contributed by atoms with Crippen LogP contribution >= 0.6 is 34.8 Å². The van der Waals surface area contributed by atoms with E-state index in [1.165, 1.54) is 19.1 Å². The summed E-state index contributed by atoms with van der Waals surface area (Å²) in [5.74, 6) is -0.964. The summed E-state index contributed by atoms with van der Waals surface area (Å²) in [6, 6.07) is 4.48. The molecular formula is C14H13Cl3O4. The fraction of sp³-hybridized carbons (Fsp3) is 0.286. The lowest BCUT2D eigenvalue weighted by Crippen LogP contribution is -2.20. The number of carbonyl (C=O) groups is 2. The SMILES string of the molecule is C=C(C)C(=O)OCC(Cl)CC(=O)Oc1ccc(Cl)cc1Cl. The smallest absolute Gasteiger partial charge is 0.333 e. The van der Waals surface area contributed by atoms with Crippen molar-refractivity contribution in [3.8, 4) is 5.75 Å². The highest BCUT2D eigenvalue weighted by Gasteiger charge is 2.16. The normalized spacial score (nSPS) is 11.6. The molecule has 0 aromatic heterocycles. The van der Waals surface area contributed by atoms with Crippen molar-refractivity contribution in [2.75, 3.05) is 6.61 Å². The number of halogens is 3. The Balaban J connectivity index is 2.46. The Morgan fingerprint density at radius 2 is 2.00 bits per heavy atom. The van der Waals surface area contributed by atoms with Gasteiger partial charge in [-0.2, -0.15) is 0 Å². The molecule has 1 aromatic rings. The van der Waals surface area contributed by atoms with Crippen LogP contribution in [-0.2, 0) is 14.3 Å². The van der Waals surface area contributed by atoms with Gasteiger partial charge in [-0.15, -0.1) is 11.6 Å². The molecule has 0 bridgehead atoms. The second kappa shape index (κ2) is 8.27. The molecule has 0 spiro atoms. The lowest BCUT2D eigenvalue weighted by molar-refractivity contribution is -0.140. The van der Waals surface area contributed by atoms with Gasteiger partial charge in [0.25, 0.3) is 0 Å². The van der Waals surface area contributed by atoms with Crippen LogP contribution in [0.1, 0.15) is 13.3 Å². The minimum atomic E-state index is -0.702. The quantitative estimate of drug-likeness (QED) is 0.336. The maximum atomic E-state index is 11.7. The topological polar surface area (TPSA) is 52.6 Å². The minimum absolute atomic E-state index is 0.114. The van der Waals surface area contributed by atoms with Gasteiger partial charge in [-0.3, -0.25) is 4.79 Å². The molecule has 0 saturated heterocycles. The monoisotopic (exact) mass is 350 g/mol. The summed E-state index contributed by atoms with van der Waals surface area (Å²) in [7, 11) is 0. The molecule has 21 heavy (non-hydrogen) atoms. The number of benzene rings is 1. The molecule has 0 heterocycles. The van der Waals surface area contributed by atoms with Crippen LogP contribution < -0.4 is 4.74 Å². The Morgan fingerprint density at radius 1 is 1.33 bits per heavy atom. The molecule has 0 fully saturated rings. The molecule has 0 amide bonds. The van der Waals surface area contributed by atoms with Crippen molar-refractivity contribution in [1.29, 1.82) is 0 Å². The highest BCUT2D eigenvalue weighted by Crippen LogP contribution is 2.28. The van der Waals surface area contributed by atoms with Crippen LogP contribution in [0.5, 0.6) is 5.75 Å². The van der Waals surface area contributed by atoms with Gasteiger partial charge in [-0.1, -0.05) is 29.8 Å². The highest BCUT2D eigenvalue weighted by molar-refractivity contribution is 6.35. The van der Waals surface area contributed by atoms with Crippen molar-refractivity contribution >= 4 is 46.7 Å². The Labute approximate surface area is 137 Å². The van der Waals surface area contributed by atoms with E-state index >= 15 is 0 Å². The first-order chi connectivity index (χ1) is 9.79. The summed E-state index contributed by atoms with van der Waals surface area (Å²) in [6.45, 7) is 4.83. The number of rotatable bonds is 6. The number of alkyl halides is 1. The van der Waals surface area contributed by atoms with Gasteiger partial charge in [0.2, 0.25) is 0 Å². The van der Waals surface area contributed by atoms with E-state index in [1.54, 1.807) is 6.07 Å². The van der Waals surface area contributed by atoms with Gasteiger partial charge in [0.1, 0.15) is 12.4 Å². The molecule has 1 aromatic carbocycles. The number of esters is 2. The van der Waals surface area contributed by atoms with E-state index in [0.717, 1.165) is 0 Å². The lowest BCUT2D eigenvalue weighted by Gasteiger charge is -2.11. The average Bonchev–Trinajstić information content (AvgIpc) is 2.39. The number of ether oxygens (including phenoxy) is 2. The molecular weight excluding hydrogens is 339 g/mol. The summed E-state index contributed by atoms with van der Waals surface area (Å²) >= 11 is 17.5. The lowest BCUT2D eigenvalue weighted by atomic mass is 10.3. The van der Waals surface area contributed by atoms with E-state index in [0.29, 0.717) is 5.02 Å². The average molecular weight is 352 g/mol. The third-order valence-corrected chi connectivity index (χ3v) is 3.06. The third kappa shape index (κ3) is 6.38.